The Labute approximate surface area is 240 Å². The summed E-state index contributed by atoms with van der Waals surface area (Å²) in [5.41, 5.74) is 4.50. The highest BCUT2D eigenvalue weighted by Gasteiger charge is 2.45. The van der Waals surface area contributed by atoms with Crippen LogP contribution in [0, 0.1) is 0 Å². The number of aromatic nitrogens is 2. The summed E-state index contributed by atoms with van der Waals surface area (Å²) in [6, 6.07) is 15.0. The maximum atomic E-state index is 13.7. The van der Waals surface area contributed by atoms with Gasteiger partial charge in [-0.25, -0.2) is 4.79 Å². The van der Waals surface area contributed by atoms with E-state index in [0.717, 1.165) is 27.9 Å². The van der Waals surface area contributed by atoms with E-state index in [9.17, 15) is 14.4 Å². The predicted molar refractivity (Wildman–Crippen MR) is 157 cm³/mol. The van der Waals surface area contributed by atoms with Crippen LogP contribution in [0.25, 0.3) is 0 Å². The molecular weight excluding hydrogens is 518 g/mol. The molecule has 0 radical (unpaired) electrons. The third-order valence-corrected chi connectivity index (χ3v) is 7.92. The lowest BCUT2D eigenvalue weighted by Crippen LogP contribution is -2.49. The SMILES string of the molecule is C=CC(=O)N1Cc2ccc(C(=O)Nc3nn(C)c4c3CN(C(=O)N[C@H](CN(C)C)c3ccccc3)C4(C)C)cc2C1. The van der Waals surface area contributed by atoms with E-state index in [2.05, 4.69) is 22.3 Å². The highest BCUT2D eigenvalue weighted by atomic mass is 16.2. The van der Waals surface area contributed by atoms with Crippen LogP contribution in [0.5, 0.6) is 0 Å². The molecule has 2 aromatic carbocycles. The second-order valence-electron chi connectivity index (χ2n) is 11.5. The molecule has 3 aromatic rings. The number of nitrogens with zero attached hydrogens (tertiary/aromatic N) is 5. The van der Waals surface area contributed by atoms with Crippen molar-refractivity contribution in [3.05, 3.63) is 94.7 Å². The second kappa shape index (κ2) is 10.9. The monoisotopic (exact) mass is 555 g/mol. The molecule has 0 aliphatic carbocycles. The minimum Gasteiger partial charge on any atom is -0.331 e. The van der Waals surface area contributed by atoms with Crippen LogP contribution in [-0.2, 0) is 37.0 Å². The fraction of sp³-hybridized carbons (Fsp3) is 0.355. The summed E-state index contributed by atoms with van der Waals surface area (Å²) in [7, 11) is 5.80. The highest BCUT2D eigenvalue weighted by molar-refractivity contribution is 6.04. The van der Waals surface area contributed by atoms with E-state index in [4.69, 9.17) is 0 Å². The molecule has 1 aromatic heterocycles. The van der Waals surface area contributed by atoms with Gasteiger partial charge in [0, 0.05) is 37.8 Å². The Balaban J connectivity index is 1.34. The van der Waals surface area contributed by atoms with Gasteiger partial charge in [-0.05, 0) is 62.8 Å². The molecule has 5 rings (SSSR count). The molecule has 0 unspecified atom stereocenters. The number of likely N-dealkylation sites (N-methyl/N-ethyl adjacent to an activating group) is 1. The predicted octanol–water partition coefficient (Wildman–Crippen LogP) is 3.76. The highest BCUT2D eigenvalue weighted by Crippen LogP contribution is 2.42. The number of anilines is 1. The molecule has 0 saturated heterocycles. The Morgan fingerprint density at radius 1 is 1.07 bits per heavy atom. The molecule has 2 N–H and O–H groups in total. The van der Waals surface area contributed by atoms with Crippen molar-refractivity contribution in [2.24, 2.45) is 7.05 Å². The Bertz CT molecular complexity index is 1510. The number of hydrogen-bond donors (Lipinski definition) is 2. The summed E-state index contributed by atoms with van der Waals surface area (Å²) >= 11 is 0. The average molecular weight is 556 g/mol. The van der Waals surface area contributed by atoms with Gasteiger partial charge in [-0.15, -0.1) is 0 Å². The normalized spacial score (nSPS) is 15.9. The van der Waals surface area contributed by atoms with Crippen LogP contribution >= 0.6 is 0 Å². The van der Waals surface area contributed by atoms with Crippen molar-refractivity contribution < 1.29 is 14.4 Å². The molecule has 4 amide bonds. The third kappa shape index (κ3) is 5.35. The van der Waals surface area contributed by atoms with Crippen molar-refractivity contribution in [1.29, 1.82) is 0 Å². The van der Waals surface area contributed by atoms with Gasteiger partial charge < -0.3 is 25.3 Å². The number of fused-ring (bicyclic) bond motifs is 2. The van der Waals surface area contributed by atoms with Crippen LogP contribution in [0.3, 0.4) is 0 Å². The van der Waals surface area contributed by atoms with Crippen molar-refractivity contribution in [2.75, 3.05) is 26.0 Å². The van der Waals surface area contributed by atoms with Crippen LogP contribution < -0.4 is 10.6 Å². The van der Waals surface area contributed by atoms with Crippen LogP contribution in [-0.4, -0.2) is 63.0 Å². The molecule has 1 atom stereocenters. The first-order valence-electron chi connectivity index (χ1n) is 13.7. The molecule has 3 heterocycles. The van der Waals surface area contributed by atoms with E-state index >= 15 is 0 Å². The zero-order chi connectivity index (χ0) is 29.5. The van der Waals surface area contributed by atoms with E-state index in [0.29, 0.717) is 37.6 Å². The minimum atomic E-state index is -0.655. The van der Waals surface area contributed by atoms with Gasteiger partial charge in [-0.3, -0.25) is 14.3 Å². The quantitative estimate of drug-likeness (QED) is 0.432. The van der Waals surface area contributed by atoms with Crippen LogP contribution in [0.2, 0.25) is 0 Å². The summed E-state index contributed by atoms with van der Waals surface area (Å²) < 4.78 is 1.74. The average Bonchev–Trinajstić information content (AvgIpc) is 3.59. The standard InChI is InChI=1S/C31H37N7O3/c1-7-26(39)37-16-22-14-13-21(15-23(22)17-37)29(40)33-28-24-18-38(31(2,3)27(24)36(6)34-28)30(41)32-25(19-35(4)5)20-11-9-8-10-12-20/h7-15,25H,1,16-19H2,2-6H3,(H,32,41)(H,33,34,40)/t25-/m1/s1. The van der Waals surface area contributed by atoms with E-state index in [1.165, 1.54) is 6.08 Å². The zero-order valence-corrected chi connectivity index (χ0v) is 24.3. The first-order valence-corrected chi connectivity index (χ1v) is 13.7. The van der Waals surface area contributed by atoms with Gasteiger partial charge in [-0.2, -0.15) is 5.10 Å². The molecule has 2 aliphatic rings. The number of amides is 4. The van der Waals surface area contributed by atoms with E-state index < -0.39 is 5.54 Å². The number of carbonyl (C=O) groups is 3. The number of nitrogens with one attached hydrogen (secondary N) is 2. The van der Waals surface area contributed by atoms with Gasteiger partial charge in [0.2, 0.25) is 5.91 Å². The van der Waals surface area contributed by atoms with Gasteiger partial charge >= 0.3 is 6.03 Å². The lowest BCUT2D eigenvalue weighted by molar-refractivity contribution is -0.126. The minimum absolute atomic E-state index is 0.135. The maximum absolute atomic E-state index is 13.7. The van der Waals surface area contributed by atoms with Crippen molar-refractivity contribution in [3.63, 3.8) is 0 Å². The maximum Gasteiger partial charge on any atom is 0.319 e. The molecule has 0 fully saturated rings. The summed E-state index contributed by atoms with van der Waals surface area (Å²) in [5, 5.41) is 10.8. The van der Waals surface area contributed by atoms with Gasteiger partial charge in [0.25, 0.3) is 5.91 Å². The number of hydrogen-bond acceptors (Lipinski definition) is 5. The Morgan fingerprint density at radius 3 is 2.46 bits per heavy atom. The fourth-order valence-corrected chi connectivity index (χ4v) is 5.90. The lowest BCUT2D eigenvalue weighted by atomic mass is 10.0. The molecule has 10 heteroatoms. The molecular formula is C31H37N7O3. The summed E-state index contributed by atoms with van der Waals surface area (Å²) in [5.74, 6) is 0.00928. The molecule has 41 heavy (non-hydrogen) atoms. The Morgan fingerprint density at radius 2 is 1.78 bits per heavy atom. The first-order chi connectivity index (χ1) is 19.5. The smallest absolute Gasteiger partial charge is 0.319 e. The van der Waals surface area contributed by atoms with Crippen molar-refractivity contribution in [3.8, 4) is 0 Å². The molecule has 0 saturated carbocycles. The van der Waals surface area contributed by atoms with Crippen LogP contribution in [0.4, 0.5) is 10.6 Å². The van der Waals surface area contributed by atoms with Gasteiger partial charge in [-0.1, -0.05) is 43.0 Å². The Kier molecular flexibility index (Phi) is 7.44. The number of benzene rings is 2. The molecule has 10 nitrogen and oxygen atoms in total. The summed E-state index contributed by atoms with van der Waals surface area (Å²) in [4.78, 5) is 44.6. The summed E-state index contributed by atoms with van der Waals surface area (Å²) in [6.45, 7) is 9.45. The number of carbonyl (C=O) groups excluding carboxylic acids is 3. The van der Waals surface area contributed by atoms with E-state index in [-0.39, 0.29) is 23.9 Å². The zero-order valence-electron chi connectivity index (χ0n) is 24.3. The molecule has 0 spiro atoms. The first kappa shape index (κ1) is 28.1. The van der Waals surface area contributed by atoms with Gasteiger partial charge in [0.1, 0.15) is 0 Å². The second-order valence-corrected chi connectivity index (χ2v) is 11.5. The third-order valence-electron chi connectivity index (χ3n) is 7.92. The number of aryl methyl sites for hydroxylation is 1. The fourth-order valence-electron chi connectivity index (χ4n) is 5.90. The summed E-state index contributed by atoms with van der Waals surface area (Å²) in [6.07, 6.45) is 1.30. The van der Waals surface area contributed by atoms with E-state index in [1.807, 2.05) is 82.4 Å². The van der Waals surface area contributed by atoms with Crippen molar-refractivity contribution in [1.82, 2.24) is 29.8 Å². The molecule has 2 aliphatic heterocycles. The van der Waals surface area contributed by atoms with Gasteiger partial charge in [0.15, 0.2) is 5.82 Å². The van der Waals surface area contributed by atoms with Crippen LogP contribution in [0.1, 0.15) is 58.2 Å². The molecule has 0 bridgehead atoms. The lowest BCUT2D eigenvalue weighted by Gasteiger charge is -2.34. The van der Waals surface area contributed by atoms with Gasteiger partial charge in [0.05, 0.1) is 23.8 Å². The van der Waals surface area contributed by atoms with Crippen molar-refractivity contribution >= 4 is 23.7 Å². The topological polar surface area (TPSA) is 103 Å². The number of urea groups is 1. The van der Waals surface area contributed by atoms with E-state index in [1.54, 1.807) is 20.5 Å². The largest absolute Gasteiger partial charge is 0.331 e. The number of rotatable bonds is 7. The van der Waals surface area contributed by atoms with Crippen LogP contribution in [0.15, 0.2) is 61.2 Å². The Hall–Kier alpha value is -4.44. The van der Waals surface area contributed by atoms with Crippen molar-refractivity contribution in [2.45, 2.75) is 45.1 Å². The molecule has 214 valence electrons.